The number of rotatable bonds is 4. The Bertz CT molecular complexity index is 1440. The molecule has 1 atom stereocenters. The molecule has 2 aromatic carbocycles. The van der Waals surface area contributed by atoms with Gasteiger partial charge in [-0.05, 0) is 61.2 Å². The zero-order valence-electron chi connectivity index (χ0n) is 18.0. The maximum Gasteiger partial charge on any atom is 0.416 e. The summed E-state index contributed by atoms with van der Waals surface area (Å²) in [6.45, 7) is 0.660. The van der Waals surface area contributed by atoms with Gasteiger partial charge in [0.1, 0.15) is 18.2 Å². The highest BCUT2D eigenvalue weighted by Gasteiger charge is 2.39. The van der Waals surface area contributed by atoms with E-state index in [1.165, 1.54) is 6.07 Å². The number of nitrogen functional groups attached to an aromatic ring is 1. The lowest BCUT2D eigenvalue weighted by Crippen LogP contribution is -2.37. The second kappa shape index (κ2) is 7.38. The van der Waals surface area contributed by atoms with Gasteiger partial charge < -0.3 is 19.8 Å². The normalized spacial score (nSPS) is 17.7. The number of carbonyl (C=O) groups is 1. The summed E-state index contributed by atoms with van der Waals surface area (Å²) < 4.78 is 47.0. The fourth-order valence-corrected chi connectivity index (χ4v) is 4.65. The predicted molar refractivity (Wildman–Crippen MR) is 121 cm³/mol. The van der Waals surface area contributed by atoms with Crippen molar-refractivity contribution in [2.75, 3.05) is 18.9 Å². The number of hydrogen-bond acceptors (Lipinski definition) is 4. The molecule has 2 N–H and O–H groups in total. The third-order valence-corrected chi connectivity index (χ3v) is 6.62. The van der Waals surface area contributed by atoms with Gasteiger partial charge in [-0.2, -0.15) is 13.2 Å². The lowest BCUT2D eigenvalue weighted by atomic mass is 10.0. The van der Waals surface area contributed by atoms with Crippen LogP contribution in [0.2, 0.25) is 0 Å². The van der Waals surface area contributed by atoms with Gasteiger partial charge in [-0.1, -0.05) is 6.07 Å². The number of benzene rings is 2. The van der Waals surface area contributed by atoms with Crippen molar-refractivity contribution in [3.05, 3.63) is 71.4 Å². The zero-order valence-corrected chi connectivity index (χ0v) is 18.0. The molecule has 0 bridgehead atoms. The Kier molecular flexibility index (Phi) is 4.52. The lowest BCUT2D eigenvalue weighted by Gasteiger charge is -2.29. The summed E-state index contributed by atoms with van der Waals surface area (Å²) in [5, 5.41) is 0. The maximum absolute atomic E-state index is 13.8. The van der Waals surface area contributed by atoms with Crippen molar-refractivity contribution in [2.24, 2.45) is 5.92 Å². The average molecular weight is 466 g/mol. The first-order valence-corrected chi connectivity index (χ1v) is 11.1. The van der Waals surface area contributed by atoms with Crippen molar-refractivity contribution in [1.82, 2.24) is 14.3 Å². The number of ether oxygens (including phenoxy) is 1. The summed E-state index contributed by atoms with van der Waals surface area (Å²) in [6.07, 6.45) is -0.526. The molecule has 1 aliphatic carbocycles. The van der Waals surface area contributed by atoms with Gasteiger partial charge in [-0.3, -0.25) is 4.79 Å². The smallest absolute Gasteiger partial charge is 0.416 e. The van der Waals surface area contributed by atoms with Crippen molar-refractivity contribution < 1.29 is 22.7 Å². The van der Waals surface area contributed by atoms with Crippen molar-refractivity contribution in [3.63, 3.8) is 0 Å². The fraction of sp³-hybridized carbons (Fsp3) is 0.280. The SMILES string of the molecule is Nc1nc2ccc(C(=O)N(CC3CC3)C3COc4cc(C(F)(F)F)ccc43)cc2n2cccc12. The molecule has 3 heterocycles. The van der Waals surface area contributed by atoms with Gasteiger partial charge in [-0.25, -0.2) is 4.98 Å². The van der Waals surface area contributed by atoms with Crippen LogP contribution in [0.1, 0.15) is 40.4 Å². The van der Waals surface area contributed by atoms with Crippen molar-refractivity contribution in [1.29, 1.82) is 0 Å². The predicted octanol–water partition coefficient (Wildman–Crippen LogP) is 5.07. The largest absolute Gasteiger partial charge is 0.491 e. The van der Waals surface area contributed by atoms with E-state index in [2.05, 4.69) is 4.98 Å². The lowest BCUT2D eigenvalue weighted by molar-refractivity contribution is -0.137. The molecular formula is C25H21F3N4O2. The topological polar surface area (TPSA) is 72.9 Å². The number of anilines is 1. The average Bonchev–Trinajstić information content (AvgIpc) is 3.31. The number of hydrogen-bond donors (Lipinski definition) is 1. The number of carbonyl (C=O) groups excluding carboxylic acids is 1. The molecule has 0 spiro atoms. The van der Waals surface area contributed by atoms with Crippen molar-refractivity contribution >= 4 is 28.3 Å². The first-order chi connectivity index (χ1) is 16.3. The van der Waals surface area contributed by atoms with E-state index in [0.717, 1.165) is 36.0 Å². The van der Waals surface area contributed by atoms with Crippen LogP contribution in [0.4, 0.5) is 19.0 Å². The van der Waals surface area contributed by atoms with E-state index in [0.29, 0.717) is 34.9 Å². The molecule has 1 unspecified atom stereocenters. The Morgan fingerprint density at radius 3 is 2.74 bits per heavy atom. The zero-order chi connectivity index (χ0) is 23.6. The van der Waals surface area contributed by atoms with Crippen LogP contribution in [-0.2, 0) is 6.18 Å². The number of aromatic nitrogens is 2. The van der Waals surface area contributed by atoms with Crippen LogP contribution in [0, 0.1) is 5.92 Å². The summed E-state index contributed by atoms with van der Waals surface area (Å²) in [6, 6.07) is 12.1. The van der Waals surface area contributed by atoms with Gasteiger partial charge in [0.2, 0.25) is 0 Å². The van der Waals surface area contributed by atoms with Gasteiger partial charge in [0, 0.05) is 23.9 Å². The van der Waals surface area contributed by atoms with Crippen molar-refractivity contribution in [2.45, 2.75) is 25.1 Å². The second-order valence-corrected chi connectivity index (χ2v) is 8.94. The molecule has 9 heteroatoms. The number of halogens is 3. The van der Waals surface area contributed by atoms with E-state index < -0.39 is 17.8 Å². The summed E-state index contributed by atoms with van der Waals surface area (Å²) in [4.78, 5) is 19.9. The Labute approximate surface area is 192 Å². The molecule has 6 rings (SSSR count). The molecule has 1 fully saturated rings. The molecule has 4 aromatic rings. The highest BCUT2D eigenvalue weighted by atomic mass is 19.4. The van der Waals surface area contributed by atoms with Crippen LogP contribution in [0.3, 0.4) is 0 Å². The van der Waals surface area contributed by atoms with E-state index in [1.807, 2.05) is 22.7 Å². The fourth-order valence-electron chi connectivity index (χ4n) is 4.65. The van der Waals surface area contributed by atoms with Crippen LogP contribution >= 0.6 is 0 Å². The van der Waals surface area contributed by atoms with Gasteiger partial charge in [0.25, 0.3) is 5.91 Å². The van der Waals surface area contributed by atoms with Crippen LogP contribution < -0.4 is 10.5 Å². The number of alkyl halides is 3. The highest BCUT2D eigenvalue weighted by Crippen LogP contribution is 2.42. The van der Waals surface area contributed by atoms with E-state index >= 15 is 0 Å². The minimum atomic E-state index is -4.45. The summed E-state index contributed by atoms with van der Waals surface area (Å²) in [5.41, 5.74) is 8.55. The molecular weight excluding hydrogens is 445 g/mol. The van der Waals surface area contributed by atoms with E-state index in [9.17, 15) is 18.0 Å². The summed E-state index contributed by atoms with van der Waals surface area (Å²) in [5.74, 6) is 0.790. The Morgan fingerprint density at radius 1 is 1.15 bits per heavy atom. The van der Waals surface area contributed by atoms with E-state index in [1.54, 1.807) is 23.1 Å². The van der Waals surface area contributed by atoms with Gasteiger partial charge in [0.05, 0.1) is 28.2 Å². The molecule has 34 heavy (non-hydrogen) atoms. The molecule has 2 aromatic heterocycles. The van der Waals surface area contributed by atoms with E-state index in [-0.39, 0.29) is 18.3 Å². The number of nitrogens with zero attached hydrogens (tertiary/aromatic N) is 3. The Morgan fingerprint density at radius 2 is 1.97 bits per heavy atom. The molecule has 0 saturated heterocycles. The van der Waals surface area contributed by atoms with E-state index in [4.69, 9.17) is 10.5 Å². The second-order valence-electron chi connectivity index (χ2n) is 8.94. The van der Waals surface area contributed by atoms with Crippen LogP contribution in [-0.4, -0.2) is 33.3 Å². The number of nitrogens with two attached hydrogens (primary N) is 1. The van der Waals surface area contributed by atoms with Crippen LogP contribution in [0.5, 0.6) is 5.75 Å². The van der Waals surface area contributed by atoms with Gasteiger partial charge in [-0.15, -0.1) is 0 Å². The summed E-state index contributed by atoms with van der Waals surface area (Å²) >= 11 is 0. The first kappa shape index (κ1) is 20.8. The molecule has 0 radical (unpaired) electrons. The minimum absolute atomic E-state index is 0.128. The standard InChI is InChI=1S/C25H21F3N4O2/c26-25(27,28)16-6-7-17-21(13-34-22(17)11-16)32(12-14-3-4-14)24(33)15-5-8-18-20(10-15)31-9-1-2-19(31)23(29)30-18/h1-2,5-11,14,21H,3-4,12-13H2,(H2,29,30). The Hall–Kier alpha value is -3.75. The third kappa shape index (κ3) is 3.43. The monoisotopic (exact) mass is 466 g/mol. The first-order valence-electron chi connectivity index (χ1n) is 11.1. The van der Waals surface area contributed by atoms with Gasteiger partial charge >= 0.3 is 6.18 Å². The molecule has 1 saturated carbocycles. The third-order valence-electron chi connectivity index (χ3n) is 6.62. The molecule has 1 amide bonds. The quantitative estimate of drug-likeness (QED) is 0.456. The molecule has 174 valence electrons. The number of amides is 1. The van der Waals surface area contributed by atoms with Crippen LogP contribution in [0.15, 0.2) is 54.7 Å². The Balaban J connectivity index is 1.39. The molecule has 2 aliphatic rings. The van der Waals surface area contributed by atoms with Crippen LogP contribution in [0.25, 0.3) is 16.6 Å². The number of fused-ring (bicyclic) bond motifs is 4. The minimum Gasteiger partial charge on any atom is -0.491 e. The van der Waals surface area contributed by atoms with Crippen molar-refractivity contribution in [3.8, 4) is 5.75 Å². The van der Waals surface area contributed by atoms with Gasteiger partial charge in [0.15, 0.2) is 0 Å². The molecule has 6 nitrogen and oxygen atoms in total. The molecule has 1 aliphatic heterocycles. The highest BCUT2D eigenvalue weighted by molar-refractivity contribution is 5.98. The summed E-state index contributed by atoms with van der Waals surface area (Å²) in [7, 11) is 0. The maximum atomic E-state index is 13.8.